The van der Waals surface area contributed by atoms with Gasteiger partial charge in [0.05, 0.1) is 29.9 Å². The van der Waals surface area contributed by atoms with Crippen LogP contribution in [-0.2, 0) is 11.3 Å². The number of anilines is 1. The first kappa shape index (κ1) is 13.5. The van der Waals surface area contributed by atoms with Gasteiger partial charge < -0.3 is 10.1 Å². The highest BCUT2D eigenvalue weighted by Gasteiger charge is 2.10. The third kappa shape index (κ3) is 3.29. The molecule has 0 saturated heterocycles. The largest absolute Gasteiger partial charge is 0.465 e. The van der Waals surface area contributed by atoms with Gasteiger partial charge in [-0.05, 0) is 25.1 Å². The van der Waals surface area contributed by atoms with Crippen LogP contribution in [0, 0.1) is 12.7 Å². The molecule has 0 saturated carbocycles. The molecule has 0 amide bonds. The van der Waals surface area contributed by atoms with Crippen LogP contribution in [0.25, 0.3) is 0 Å². The van der Waals surface area contributed by atoms with E-state index in [0.717, 1.165) is 9.88 Å². The summed E-state index contributed by atoms with van der Waals surface area (Å²) in [6.45, 7) is 2.37. The van der Waals surface area contributed by atoms with E-state index in [0.29, 0.717) is 12.1 Å². The molecule has 0 spiro atoms. The fourth-order valence-corrected chi connectivity index (χ4v) is 2.31. The predicted molar refractivity (Wildman–Crippen MR) is 71.9 cm³/mol. The fraction of sp³-hybridized carbons (Fsp3) is 0.231. The highest BCUT2D eigenvalue weighted by atomic mass is 32.1. The van der Waals surface area contributed by atoms with Crippen molar-refractivity contribution in [3.8, 4) is 0 Å². The van der Waals surface area contributed by atoms with E-state index in [2.05, 4.69) is 15.0 Å². The first-order valence-electron chi connectivity index (χ1n) is 5.63. The molecule has 4 nitrogen and oxygen atoms in total. The summed E-state index contributed by atoms with van der Waals surface area (Å²) in [5.74, 6) is -0.898. The number of aryl methyl sites for hydroxylation is 1. The minimum absolute atomic E-state index is 0.272. The van der Waals surface area contributed by atoms with Gasteiger partial charge in [-0.3, -0.25) is 0 Å². The van der Waals surface area contributed by atoms with Crippen LogP contribution in [0.3, 0.4) is 0 Å². The number of thiazole rings is 1. The van der Waals surface area contributed by atoms with Crippen molar-refractivity contribution in [3.05, 3.63) is 45.7 Å². The summed E-state index contributed by atoms with van der Waals surface area (Å²) in [5.41, 5.74) is 0.584. The summed E-state index contributed by atoms with van der Waals surface area (Å²) in [4.78, 5) is 16.5. The number of hydrogen-bond donors (Lipinski definition) is 1. The predicted octanol–water partition coefficient (Wildman–Crippen LogP) is 2.99. The van der Waals surface area contributed by atoms with Gasteiger partial charge in [0.15, 0.2) is 0 Å². The van der Waals surface area contributed by atoms with Gasteiger partial charge in [-0.15, -0.1) is 11.3 Å². The molecular formula is C13H13FN2O2S. The SMILES string of the molecule is COC(=O)c1ccc(F)c(NCc2cnc(C)s2)c1. The maximum Gasteiger partial charge on any atom is 0.337 e. The Bertz CT molecular complexity index is 598. The van der Waals surface area contributed by atoms with Crippen LogP contribution >= 0.6 is 11.3 Å². The quantitative estimate of drug-likeness (QED) is 0.875. The number of ether oxygens (including phenoxy) is 1. The van der Waals surface area contributed by atoms with Gasteiger partial charge in [-0.1, -0.05) is 0 Å². The minimum Gasteiger partial charge on any atom is -0.465 e. The first-order chi connectivity index (χ1) is 9.10. The summed E-state index contributed by atoms with van der Waals surface area (Å²) >= 11 is 1.54. The number of nitrogens with one attached hydrogen (secondary N) is 1. The molecule has 0 bridgehead atoms. The Balaban J connectivity index is 2.12. The number of hydrogen-bond acceptors (Lipinski definition) is 5. The standard InChI is InChI=1S/C13H13FN2O2S/c1-8-15-6-10(19-8)7-16-12-5-9(13(17)18-2)3-4-11(12)14/h3-6,16H,7H2,1-2H3. The normalized spacial score (nSPS) is 10.3. The third-order valence-corrected chi connectivity index (χ3v) is 3.42. The van der Waals surface area contributed by atoms with Gasteiger partial charge in [-0.25, -0.2) is 14.2 Å². The number of benzene rings is 1. The van der Waals surface area contributed by atoms with Gasteiger partial charge in [0, 0.05) is 11.1 Å². The summed E-state index contributed by atoms with van der Waals surface area (Å²) in [6, 6.07) is 4.07. The molecular weight excluding hydrogens is 267 g/mol. The minimum atomic E-state index is -0.489. The van der Waals surface area contributed by atoms with E-state index in [4.69, 9.17) is 0 Å². The van der Waals surface area contributed by atoms with Crippen molar-refractivity contribution in [3.63, 3.8) is 0 Å². The zero-order chi connectivity index (χ0) is 13.8. The maximum atomic E-state index is 13.6. The van der Waals surface area contributed by atoms with Crippen LogP contribution < -0.4 is 5.32 Å². The van der Waals surface area contributed by atoms with Gasteiger partial charge >= 0.3 is 5.97 Å². The average molecular weight is 280 g/mol. The lowest BCUT2D eigenvalue weighted by atomic mass is 10.2. The summed E-state index contributed by atoms with van der Waals surface area (Å²) in [5, 5.41) is 3.91. The lowest BCUT2D eigenvalue weighted by Crippen LogP contribution is -2.05. The lowest BCUT2D eigenvalue weighted by molar-refractivity contribution is 0.0600. The van der Waals surface area contributed by atoms with Crippen molar-refractivity contribution >= 4 is 23.0 Å². The molecule has 0 radical (unpaired) electrons. The highest BCUT2D eigenvalue weighted by molar-refractivity contribution is 7.11. The second-order valence-electron chi connectivity index (χ2n) is 3.89. The van der Waals surface area contributed by atoms with Crippen molar-refractivity contribution in [1.82, 2.24) is 4.98 Å². The highest BCUT2D eigenvalue weighted by Crippen LogP contribution is 2.19. The molecule has 1 N–H and O–H groups in total. The molecule has 1 aromatic heterocycles. The zero-order valence-electron chi connectivity index (χ0n) is 10.6. The number of aromatic nitrogens is 1. The summed E-state index contributed by atoms with van der Waals surface area (Å²) in [7, 11) is 1.29. The fourth-order valence-electron chi connectivity index (χ4n) is 1.57. The molecule has 19 heavy (non-hydrogen) atoms. The second-order valence-corrected chi connectivity index (χ2v) is 5.20. The molecule has 0 aliphatic heterocycles. The molecule has 0 aliphatic rings. The average Bonchev–Trinajstić information content (AvgIpc) is 2.82. The van der Waals surface area contributed by atoms with Crippen molar-refractivity contribution in [2.45, 2.75) is 13.5 Å². The molecule has 1 heterocycles. The number of carbonyl (C=O) groups excluding carboxylic acids is 1. The Morgan fingerprint density at radius 3 is 2.95 bits per heavy atom. The Morgan fingerprint density at radius 2 is 2.32 bits per heavy atom. The summed E-state index contributed by atoms with van der Waals surface area (Å²) in [6.07, 6.45) is 1.75. The molecule has 100 valence electrons. The maximum absolute atomic E-state index is 13.6. The number of rotatable bonds is 4. The van der Waals surface area contributed by atoms with E-state index < -0.39 is 11.8 Å². The molecule has 1 aromatic carbocycles. The Kier molecular flexibility index (Phi) is 4.11. The van der Waals surface area contributed by atoms with Crippen LogP contribution in [0.1, 0.15) is 20.2 Å². The molecule has 0 unspecified atom stereocenters. The number of methoxy groups -OCH3 is 1. The van der Waals surface area contributed by atoms with Crippen molar-refractivity contribution < 1.29 is 13.9 Å². The van der Waals surface area contributed by atoms with Crippen LogP contribution in [0.4, 0.5) is 10.1 Å². The zero-order valence-corrected chi connectivity index (χ0v) is 11.4. The Morgan fingerprint density at radius 1 is 1.53 bits per heavy atom. The van der Waals surface area contributed by atoms with E-state index in [9.17, 15) is 9.18 Å². The molecule has 0 fully saturated rings. The van der Waals surface area contributed by atoms with E-state index in [-0.39, 0.29) is 5.69 Å². The number of esters is 1. The molecule has 0 aliphatic carbocycles. The smallest absolute Gasteiger partial charge is 0.337 e. The van der Waals surface area contributed by atoms with Crippen LogP contribution in [0.2, 0.25) is 0 Å². The summed E-state index contributed by atoms with van der Waals surface area (Å²) < 4.78 is 18.2. The van der Waals surface area contributed by atoms with Crippen LogP contribution in [0.5, 0.6) is 0 Å². The molecule has 2 aromatic rings. The topological polar surface area (TPSA) is 51.2 Å². The number of carbonyl (C=O) groups is 1. The number of halogens is 1. The van der Waals surface area contributed by atoms with Crippen molar-refractivity contribution in [2.24, 2.45) is 0 Å². The molecule has 0 atom stereocenters. The first-order valence-corrected chi connectivity index (χ1v) is 6.45. The van der Waals surface area contributed by atoms with E-state index in [1.165, 1.54) is 25.3 Å². The lowest BCUT2D eigenvalue weighted by Gasteiger charge is -2.07. The monoisotopic (exact) mass is 280 g/mol. The van der Waals surface area contributed by atoms with E-state index >= 15 is 0 Å². The van der Waals surface area contributed by atoms with Crippen LogP contribution in [0.15, 0.2) is 24.4 Å². The van der Waals surface area contributed by atoms with E-state index in [1.807, 2.05) is 6.92 Å². The Labute approximate surface area is 114 Å². The molecule has 2 rings (SSSR count). The van der Waals surface area contributed by atoms with Crippen molar-refractivity contribution in [2.75, 3.05) is 12.4 Å². The Hall–Kier alpha value is -1.95. The van der Waals surface area contributed by atoms with E-state index in [1.54, 1.807) is 17.5 Å². The van der Waals surface area contributed by atoms with Crippen molar-refractivity contribution in [1.29, 1.82) is 0 Å². The van der Waals surface area contributed by atoms with Gasteiger partial charge in [0.2, 0.25) is 0 Å². The van der Waals surface area contributed by atoms with Gasteiger partial charge in [0.1, 0.15) is 5.82 Å². The van der Waals surface area contributed by atoms with Gasteiger partial charge in [0.25, 0.3) is 0 Å². The van der Waals surface area contributed by atoms with Gasteiger partial charge in [-0.2, -0.15) is 0 Å². The second kappa shape index (κ2) is 5.79. The van der Waals surface area contributed by atoms with Crippen LogP contribution in [-0.4, -0.2) is 18.1 Å². The third-order valence-electron chi connectivity index (χ3n) is 2.51. The molecule has 6 heteroatoms. The number of nitrogens with zero attached hydrogens (tertiary/aromatic N) is 1.